The van der Waals surface area contributed by atoms with Crippen LogP contribution >= 0.6 is 11.3 Å². The number of ether oxygens (including phenoxy) is 2. The number of para-hydroxylation sites is 2. The molecule has 9 nitrogen and oxygen atoms in total. The Kier molecular flexibility index (Phi) is 7.47. The minimum Gasteiger partial charge on any atom is -0.453 e. The van der Waals surface area contributed by atoms with E-state index < -0.39 is 5.82 Å². The van der Waals surface area contributed by atoms with Crippen molar-refractivity contribution in [2.45, 2.75) is 6.42 Å². The summed E-state index contributed by atoms with van der Waals surface area (Å²) >= 11 is 1.47. The van der Waals surface area contributed by atoms with Crippen LogP contribution in [0.25, 0.3) is 31.7 Å². The van der Waals surface area contributed by atoms with Crippen molar-refractivity contribution >= 4 is 50.1 Å². The highest BCUT2D eigenvalue weighted by Gasteiger charge is 2.19. The average molecular weight is 608 g/mol. The van der Waals surface area contributed by atoms with Crippen molar-refractivity contribution in [2.24, 2.45) is 0 Å². The number of nitrogens with zero attached hydrogens (tertiary/aromatic N) is 3. The van der Waals surface area contributed by atoms with Crippen LogP contribution in [0, 0.1) is 5.82 Å². The number of benzene rings is 3. The number of carbonyl (C=O) groups excluding carboxylic acids is 2. The predicted octanol–water partition coefficient (Wildman–Crippen LogP) is 6.42. The van der Waals surface area contributed by atoms with Gasteiger partial charge >= 0.3 is 0 Å². The Bertz CT molecular complexity index is 1970. The van der Waals surface area contributed by atoms with Gasteiger partial charge in [0.15, 0.2) is 11.6 Å². The van der Waals surface area contributed by atoms with E-state index in [-0.39, 0.29) is 24.0 Å². The molecule has 1 saturated heterocycles. The van der Waals surface area contributed by atoms with Crippen LogP contribution < -0.4 is 10.1 Å². The molecule has 0 unspecified atom stereocenters. The fraction of sp³-hybridized carbons (Fsp3) is 0.152. The molecule has 3 aromatic carbocycles. The van der Waals surface area contributed by atoms with E-state index in [1.807, 2.05) is 54.6 Å². The third kappa shape index (κ3) is 5.75. The van der Waals surface area contributed by atoms with Crippen molar-refractivity contribution in [1.29, 1.82) is 0 Å². The van der Waals surface area contributed by atoms with E-state index in [1.165, 1.54) is 23.5 Å². The molecule has 220 valence electrons. The number of amides is 2. The number of aromatic amines is 1. The molecule has 6 aromatic rings. The zero-order chi connectivity index (χ0) is 30.0. The van der Waals surface area contributed by atoms with Gasteiger partial charge in [0.25, 0.3) is 5.91 Å². The molecule has 2 N–H and O–H groups in total. The predicted molar refractivity (Wildman–Crippen MR) is 167 cm³/mol. The fourth-order valence-electron chi connectivity index (χ4n) is 5.09. The maximum absolute atomic E-state index is 15.1. The minimum atomic E-state index is -0.617. The van der Waals surface area contributed by atoms with Gasteiger partial charge in [-0.25, -0.2) is 9.37 Å². The molecule has 0 radical (unpaired) electrons. The summed E-state index contributed by atoms with van der Waals surface area (Å²) in [6.45, 7) is 2.29. The normalized spacial score (nSPS) is 13.3. The fourth-order valence-corrected chi connectivity index (χ4v) is 6.16. The van der Waals surface area contributed by atoms with E-state index in [4.69, 9.17) is 9.47 Å². The number of hydrogen-bond donors (Lipinski definition) is 2. The number of carbonyl (C=O) groups is 2. The number of thiophene rings is 1. The number of hydrogen-bond acceptors (Lipinski definition) is 7. The van der Waals surface area contributed by atoms with Gasteiger partial charge in [-0.2, -0.15) is 0 Å². The molecule has 0 atom stereocenters. The van der Waals surface area contributed by atoms with Crippen LogP contribution in [0.3, 0.4) is 0 Å². The number of fused-ring (bicyclic) bond motifs is 2. The highest BCUT2D eigenvalue weighted by molar-refractivity contribution is 7.22. The van der Waals surface area contributed by atoms with E-state index in [2.05, 4.69) is 20.3 Å². The van der Waals surface area contributed by atoms with E-state index >= 15 is 4.39 Å². The van der Waals surface area contributed by atoms with Gasteiger partial charge in [-0.15, -0.1) is 11.3 Å². The first-order chi connectivity index (χ1) is 21.5. The highest BCUT2D eigenvalue weighted by Crippen LogP contribution is 2.40. The lowest BCUT2D eigenvalue weighted by molar-refractivity contribution is -0.115. The first-order valence-corrected chi connectivity index (χ1v) is 14.9. The second-order valence-electron chi connectivity index (χ2n) is 10.3. The van der Waals surface area contributed by atoms with Crippen LogP contribution in [-0.2, 0) is 16.0 Å². The molecule has 1 fully saturated rings. The SMILES string of the molecule is O=C(Cc1nc2ccccc2[nH]1)Nc1ccc(Oc2ccnc3cc(-c4ccc(C(=O)N5CCOCC5)cc4)sc23)c(F)c1. The van der Waals surface area contributed by atoms with Crippen molar-refractivity contribution in [1.82, 2.24) is 19.9 Å². The Morgan fingerprint density at radius 2 is 1.80 bits per heavy atom. The van der Waals surface area contributed by atoms with Crippen molar-refractivity contribution in [3.05, 3.63) is 102 Å². The van der Waals surface area contributed by atoms with Gasteiger partial charge in [-0.1, -0.05) is 24.3 Å². The topological polar surface area (TPSA) is 109 Å². The molecule has 7 rings (SSSR count). The van der Waals surface area contributed by atoms with Crippen LogP contribution in [0.4, 0.5) is 10.1 Å². The van der Waals surface area contributed by atoms with Gasteiger partial charge in [0.2, 0.25) is 5.91 Å². The van der Waals surface area contributed by atoms with Crippen molar-refractivity contribution < 1.29 is 23.5 Å². The molecule has 4 heterocycles. The quantitative estimate of drug-likeness (QED) is 0.217. The summed E-state index contributed by atoms with van der Waals surface area (Å²) in [5.74, 6) is 0.0666. The molecule has 2 amide bonds. The lowest BCUT2D eigenvalue weighted by Gasteiger charge is -2.26. The number of anilines is 1. The molecule has 44 heavy (non-hydrogen) atoms. The highest BCUT2D eigenvalue weighted by atomic mass is 32.1. The van der Waals surface area contributed by atoms with Gasteiger partial charge in [-0.05, 0) is 48.0 Å². The maximum Gasteiger partial charge on any atom is 0.254 e. The Morgan fingerprint density at radius 3 is 2.59 bits per heavy atom. The van der Waals surface area contributed by atoms with Crippen LogP contribution in [-0.4, -0.2) is 58.0 Å². The zero-order valence-electron chi connectivity index (χ0n) is 23.4. The van der Waals surface area contributed by atoms with Gasteiger partial charge in [0.05, 0.1) is 40.9 Å². The molecule has 1 aliphatic rings. The molecule has 1 aliphatic heterocycles. The number of morpholine rings is 1. The molecule has 3 aromatic heterocycles. The van der Waals surface area contributed by atoms with E-state index in [1.54, 1.807) is 23.2 Å². The molecule has 0 aliphatic carbocycles. The van der Waals surface area contributed by atoms with Crippen LogP contribution in [0.15, 0.2) is 85.1 Å². The molecule has 0 bridgehead atoms. The number of H-pyrrole nitrogens is 1. The van der Waals surface area contributed by atoms with E-state index in [0.717, 1.165) is 26.2 Å². The van der Waals surface area contributed by atoms with Crippen molar-refractivity contribution in [2.75, 3.05) is 31.6 Å². The molecular formula is C33H26FN5O4S. The summed E-state index contributed by atoms with van der Waals surface area (Å²) in [6, 6.07) is 22.9. The monoisotopic (exact) mass is 607 g/mol. The van der Waals surface area contributed by atoms with E-state index in [0.29, 0.717) is 54.6 Å². The second kappa shape index (κ2) is 11.9. The Hall–Kier alpha value is -5.13. The number of aromatic nitrogens is 3. The number of rotatable bonds is 7. The summed E-state index contributed by atoms with van der Waals surface area (Å²) in [6.07, 6.45) is 1.64. The number of halogens is 1. The van der Waals surface area contributed by atoms with E-state index in [9.17, 15) is 9.59 Å². The van der Waals surface area contributed by atoms with Gasteiger partial charge < -0.3 is 24.7 Å². The number of imidazole rings is 1. The summed E-state index contributed by atoms with van der Waals surface area (Å²) in [5.41, 5.74) is 4.21. The standard InChI is InChI=1S/C33H26FN5O4S/c34-23-17-22(36-31(40)19-30-37-24-3-1-2-4-25(24)38-30)9-10-27(23)43-28-11-12-35-26-18-29(44-32(26)28)20-5-7-21(8-6-20)33(41)39-13-15-42-16-14-39/h1-12,17-18H,13-16,19H2,(H,36,40)(H,37,38). The minimum absolute atomic E-state index is 0.00708. The largest absolute Gasteiger partial charge is 0.453 e. The van der Waals surface area contributed by atoms with Gasteiger partial charge in [0, 0.05) is 47.5 Å². The van der Waals surface area contributed by atoms with Crippen LogP contribution in [0.2, 0.25) is 0 Å². The van der Waals surface area contributed by atoms with Crippen LogP contribution in [0.5, 0.6) is 11.5 Å². The first-order valence-electron chi connectivity index (χ1n) is 14.1. The Labute approximate surface area is 255 Å². The lowest BCUT2D eigenvalue weighted by Crippen LogP contribution is -2.40. The Balaban J connectivity index is 1.04. The average Bonchev–Trinajstić information content (AvgIpc) is 3.67. The van der Waals surface area contributed by atoms with Gasteiger partial charge in [0.1, 0.15) is 11.6 Å². The summed E-state index contributed by atoms with van der Waals surface area (Å²) in [4.78, 5) is 40.1. The summed E-state index contributed by atoms with van der Waals surface area (Å²) in [5, 5.41) is 2.72. The molecule has 0 saturated carbocycles. The van der Waals surface area contributed by atoms with Crippen LogP contribution in [0.1, 0.15) is 16.2 Å². The van der Waals surface area contributed by atoms with Gasteiger partial charge in [-0.3, -0.25) is 14.6 Å². The number of nitrogens with one attached hydrogen (secondary N) is 2. The lowest BCUT2D eigenvalue weighted by atomic mass is 10.1. The molecule has 11 heteroatoms. The number of pyridine rings is 1. The first kappa shape index (κ1) is 27.7. The molecule has 0 spiro atoms. The second-order valence-corrected chi connectivity index (χ2v) is 11.3. The van der Waals surface area contributed by atoms with Crippen molar-refractivity contribution in [3.63, 3.8) is 0 Å². The smallest absolute Gasteiger partial charge is 0.254 e. The third-order valence-corrected chi connectivity index (χ3v) is 8.48. The zero-order valence-corrected chi connectivity index (χ0v) is 24.2. The summed E-state index contributed by atoms with van der Waals surface area (Å²) < 4.78 is 27.2. The summed E-state index contributed by atoms with van der Waals surface area (Å²) in [7, 11) is 0. The third-order valence-electron chi connectivity index (χ3n) is 7.29. The Morgan fingerprint density at radius 1 is 0.977 bits per heavy atom. The molecular weight excluding hydrogens is 581 g/mol. The van der Waals surface area contributed by atoms with Crippen molar-refractivity contribution in [3.8, 4) is 21.9 Å². The maximum atomic E-state index is 15.1.